The Bertz CT molecular complexity index is 1260. The molecule has 1 fully saturated rings. The highest BCUT2D eigenvalue weighted by Gasteiger charge is 2.23. The SMILES string of the molecule is Cc1cc(NC(=O)CSc2nnc(-c3cccs3)n2CC2CCCO2)n(-c2ccc(F)cc2)n1. The molecule has 3 aromatic heterocycles. The summed E-state index contributed by atoms with van der Waals surface area (Å²) in [7, 11) is 0. The molecule has 5 rings (SSSR count). The summed E-state index contributed by atoms with van der Waals surface area (Å²) in [4.78, 5) is 13.8. The van der Waals surface area contributed by atoms with Gasteiger partial charge in [-0.15, -0.1) is 21.5 Å². The molecule has 1 unspecified atom stereocenters. The molecule has 176 valence electrons. The van der Waals surface area contributed by atoms with E-state index in [1.807, 2.05) is 29.0 Å². The van der Waals surface area contributed by atoms with E-state index < -0.39 is 0 Å². The molecule has 0 saturated carbocycles. The molecular weight excluding hydrogens is 475 g/mol. The second-order valence-corrected chi connectivity index (χ2v) is 9.82. The highest BCUT2D eigenvalue weighted by atomic mass is 32.2. The summed E-state index contributed by atoms with van der Waals surface area (Å²) >= 11 is 2.94. The second kappa shape index (κ2) is 10.1. The van der Waals surface area contributed by atoms with Crippen molar-refractivity contribution < 1.29 is 13.9 Å². The predicted molar refractivity (Wildman–Crippen MR) is 130 cm³/mol. The van der Waals surface area contributed by atoms with Gasteiger partial charge in [-0.3, -0.25) is 9.36 Å². The van der Waals surface area contributed by atoms with Gasteiger partial charge in [0.15, 0.2) is 11.0 Å². The first-order valence-corrected chi connectivity index (χ1v) is 12.8. The molecular formula is C23H23FN6O2S2. The molecule has 0 radical (unpaired) electrons. The third kappa shape index (κ3) is 5.06. The predicted octanol–water partition coefficient (Wildman–Crippen LogP) is 4.55. The Hall–Kier alpha value is -3.02. The van der Waals surface area contributed by atoms with E-state index in [0.29, 0.717) is 23.2 Å². The van der Waals surface area contributed by atoms with Gasteiger partial charge in [0.2, 0.25) is 5.91 Å². The summed E-state index contributed by atoms with van der Waals surface area (Å²) < 4.78 is 22.8. The van der Waals surface area contributed by atoms with E-state index in [-0.39, 0.29) is 23.6 Å². The maximum absolute atomic E-state index is 13.3. The summed E-state index contributed by atoms with van der Waals surface area (Å²) in [6, 6.07) is 11.7. The normalized spacial score (nSPS) is 15.6. The average molecular weight is 499 g/mol. The van der Waals surface area contributed by atoms with E-state index >= 15 is 0 Å². The minimum Gasteiger partial charge on any atom is -0.376 e. The van der Waals surface area contributed by atoms with Crippen LogP contribution in [0.5, 0.6) is 0 Å². The number of hydrogen-bond donors (Lipinski definition) is 1. The number of carbonyl (C=O) groups is 1. The molecule has 1 atom stereocenters. The summed E-state index contributed by atoms with van der Waals surface area (Å²) in [5, 5.41) is 18.8. The average Bonchev–Trinajstić information content (AvgIpc) is 3.62. The molecule has 1 aliphatic heterocycles. The fraction of sp³-hybridized carbons (Fsp3) is 0.304. The smallest absolute Gasteiger partial charge is 0.236 e. The number of amides is 1. The lowest BCUT2D eigenvalue weighted by molar-refractivity contribution is -0.113. The van der Waals surface area contributed by atoms with Gasteiger partial charge in [-0.05, 0) is 55.5 Å². The third-order valence-electron chi connectivity index (χ3n) is 5.37. The van der Waals surface area contributed by atoms with Crippen LogP contribution in [0.25, 0.3) is 16.4 Å². The van der Waals surface area contributed by atoms with Gasteiger partial charge in [-0.1, -0.05) is 17.8 Å². The van der Waals surface area contributed by atoms with E-state index in [1.54, 1.807) is 34.2 Å². The molecule has 0 spiro atoms. The van der Waals surface area contributed by atoms with Gasteiger partial charge in [0.05, 0.1) is 34.7 Å². The molecule has 1 N–H and O–H groups in total. The van der Waals surface area contributed by atoms with Crippen LogP contribution in [0.4, 0.5) is 10.2 Å². The maximum atomic E-state index is 13.3. The van der Waals surface area contributed by atoms with Crippen molar-refractivity contribution in [3.8, 4) is 16.4 Å². The molecule has 11 heteroatoms. The minimum absolute atomic E-state index is 0.121. The molecule has 8 nitrogen and oxygen atoms in total. The van der Waals surface area contributed by atoms with Crippen molar-refractivity contribution in [2.45, 2.75) is 37.6 Å². The lowest BCUT2D eigenvalue weighted by Crippen LogP contribution is -2.19. The number of carbonyl (C=O) groups excluding carboxylic acids is 1. The zero-order chi connectivity index (χ0) is 23.5. The standard InChI is InChI=1S/C23H23FN6O2S2/c1-15-12-20(30(28-15)17-8-6-16(24)7-9-17)25-21(31)14-34-23-27-26-22(19-5-3-11-33-19)29(23)13-18-4-2-10-32-18/h3,5-9,11-12,18H,2,4,10,13-14H2,1H3,(H,25,31). The monoisotopic (exact) mass is 498 g/mol. The van der Waals surface area contributed by atoms with Gasteiger partial charge in [0.1, 0.15) is 11.6 Å². The number of halogens is 1. The van der Waals surface area contributed by atoms with Gasteiger partial charge < -0.3 is 10.1 Å². The zero-order valence-corrected chi connectivity index (χ0v) is 20.1. The number of thioether (sulfide) groups is 1. The van der Waals surface area contributed by atoms with Crippen molar-refractivity contribution in [1.29, 1.82) is 0 Å². The summed E-state index contributed by atoms with van der Waals surface area (Å²) in [5.74, 6) is 0.941. The van der Waals surface area contributed by atoms with Crippen LogP contribution in [0, 0.1) is 12.7 Å². The fourth-order valence-corrected chi connectivity index (χ4v) is 5.28. The van der Waals surface area contributed by atoms with Crippen LogP contribution in [0.15, 0.2) is 53.0 Å². The van der Waals surface area contributed by atoms with Crippen molar-refractivity contribution in [2.24, 2.45) is 0 Å². The van der Waals surface area contributed by atoms with Crippen molar-refractivity contribution in [3.63, 3.8) is 0 Å². The number of rotatable bonds is 8. The lowest BCUT2D eigenvalue weighted by atomic mass is 10.2. The van der Waals surface area contributed by atoms with E-state index in [0.717, 1.165) is 35.8 Å². The largest absolute Gasteiger partial charge is 0.376 e. The van der Waals surface area contributed by atoms with Gasteiger partial charge in [-0.2, -0.15) is 5.10 Å². The van der Waals surface area contributed by atoms with Gasteiger partial charge >= 0.3 is 0 Å². The highest BCUT2D eigenvalue weighted by molar-refractivity contribution is 7.99. The first-order chi connectivity index (χ1) is 16.6. The van der Waals surface area contributed by atoms with Crippen molar-refractivity contribution in [3.05, 3.63) is 59.4 Å². The lowest BCUT2D eigenvalue weighted by Gasteiger charge is -2.14. The number of nitrogens with zero attached hydrogens (tertiary/aromatic N) is 5. The molecule has 1 aliphatic rings. The number of thiophene rings is 1. The van der Waals surface area contributed by atoms with E-state index in [2.05, 4.69) is 20.6 Å². The van der Waals surface area contributed by atoms with Crippen LogP contribution >= 0.6 is 23.1 Å². The Morgan fingerprint density at radius 1 is 1.29 bits per heavy atom. The van der Waals surface area contributed by atoms with Crippen LogP contribution in [0.1, 0.15) is 18.5 Å². The maximum Gasteiger partial charge on any atom is 0.236 e. The quantitative estimate of drug-likeness (QED) is 0.359. The van der Waals surface area contributed by atoms with Crippen LogP contribution in [-0.2, 0) is 16.1 Å². The van der Waals surface area contributed by atoms with Crippen LogP contribution in [0.2, 0.25) is 0 Å². The number of aromatic nitrogens is 5. The number of benzene rings is 1. The van der Waals surface area contributed by atoms with Crippen LogP contribution in [0.3, 0.4) is 0 Å². The highest BCUT2D eigenvalue weighted by Crippen LogP contribution is 2.29. The Balaban J connectivity index is 1.30. The van der Waals surface area contributed by atoms with Crippen LogP contribution < -0.4 is 5.32 Å². The number of nitrogens with one attached hydrogen (secondary N) is 1. The second-order valence-electron chi connectivity index (χ2n) is 7.93. The van der Waals surface area contributed by atoms with E-state index in [4.69, 9.17) is 4.74 Å². The molecule has 4 heterocycles. The molecule has 0 aliphatic carbocycles. The van der Waals surface area contributed by atoms with Gasteiger partial charge in [0, 0.05) is 12.7 Å². The summed E-state index contributed by atoms with van der Waals surface area (Å²) in [6.45, 7) is 3.26. The Labute approximate surface area is 204 Å². The molecule has 1 saturated heterocycles. The third-order valence-corrected chi connectivity index (χ3v) is 7.20. The number of ether oxygens (including phenoxy) is 1. The van der Waals surface area contributed by atoms with Gasteiger partial charge in [0.25, 0.3) is 0 Å². The van der Waals surface area contributed by atoms with Crippen LogP contribution in [-0.4, -0.2) is 48.9 Å². The number of aryl methyl sites for hydroxylation is 1. The molecule has 1 amide bonds. The minimum atomic E-state index is -0.330. The molecule has 34 heavy (non-hydrogen) atoms. The first kappa shape index (κ1) is 22.8. The Kier molecular flexibility index (Phi) is 6.75. The Morgan fingerprint density at radius 2 is 2.15 bits per heavy atom. The molecule has 4 aromatic rings. The van der Waals surface area contributed by atoms with Crippen molar-refractivity contribution in [1.82, 2.24) is 24.5 Å². The van der Waals surface area contributed by atoms with Gasteiger partial charge in [-0.25, -0.2) is 9.07 Å². The van der Waals surface area contributed by atoms with Crippen molar-refractivity contribution in [2.75, 3.05) is 17.7 Å². The Morgan fingerprint density at radius 3 is 2.88 bits per heavy atom. The molecule has 0 bridgehead atoms. The summed E-state index contributed by atoms with van der Waals surface area (Å²) in [6.07, 6.45) is 2.17. The number of hydrogen-bond acceptors (Lipinski definition) is 7. The fourth-order valence-electron chi connectivity index (χ4n) is 3.82. The first-order valence-electron chi connectivity index (χ1n) is 10.9. The zero-order valence-electron chi connectivity index (χ0n) is 18.5. The van der Waals surface area contributed by atoms with E-state index in [1.165, 1.54) is 23.9 Å². The van der Waals surface area contributed by atoms with E-state index in [9.17, 15) is 9.18 Å². The molecule has 1 aromatic carbocycles. The topological polar surface area (TPSA) is 86.9 Å². The van der Waals surface area contributed by atoms with Crippen molar-refractivity contribution >= 4 is 34.8 Å². The number of anilines is 1. The summed E-state index contributed by atoms with van der Waals surface area (Å²) in [5.41, 5.74) is 1.40.